The summed E-state index contributed by atoms with van der Waals surface area (Å²) in [6.45, 7) is 7.60. The molecule has 1 N–H and O–H groups in total. The summed E-state index contributed by atoms with van der Waals surface area (Å²) in [5.41, 5.74) is 2.22. The number of benzene rings is 1. The molecule has 5 nitrogen and oxygen atoms in total. The Bertz CT molecular complexity index is 588. The number of nitro benzene ring substituents is 1. The molecular weight excluding hydrogens is 254 g/mol. The molecule has 0 radical (unpaired) electrons. The highest BCUT2D eigenvalue weighted by Crippen LogP contribution is 2.24. The van der Waals surface area contributed by atoms with Gasteiger partial charge in [0.15, 0.2) is 0 Å². The van der Waals surface area contributed by atoms with E-state index in [2.05, 4.69) is 23.7 Å². The van der Waals surface area contributed by atoms with Crippen LogP contribution < -0.4 is 0 Å². The third kappa shape index (κ3) is 3.17. The zero-order valence-electron chi connectivity index (χ0n) is 12.1. The topological polar surface area (TPSA) is 62.2 Å². The summed E-state index contributed by atoms with van der Waals surface area (Å²) in [5.74, 6) is 0. The first kappa shape index (κ1) is 14.5. The summed E-state index contributed by atoms with van der Waals surface area (Å²) in [7, 11) is 0. The second kappa shape index (κ2) is 6.52. The lowest BCUT2D eigenvalue weighted by Gasteiger charge is -2.17. The molecule has 0 saturated carbocycles. The maximum atomic E-state index is 10.8. The molecule has 0 bridgehead atoms. The summed E-state index contributed by atoms with van der Waals surface area (Å²) in [4.78, 5) is 15.9. The molecule has 0 unspecified atom stereocenters. The highest BCUT2D eigenvalue weighted by molar-refractivity contribution is 5.85. The summed E-state index contributed by atoms with van der Waals surface area (Å²) < 4.78 is 0. The minimum atomic E-state index is -0.361. The van der Waals surface area contributed by atoms with Gasteiger partial charge in [-0.2, -0.15) is 0 Å². The van der Waals surface area contributed by atoms with Gasteiger partial charge in [-0.1, -0.05) is 13.8 Å². The van der Waals surface area contributed by atoms with E-state index in [9.17, 15) is 10.1 Å². The number of nitrogens with zero attached hydrogens (tertiary/aromatic N) is 2. The van der Waals surface area contributed by atoms with Crippen LogP contribution in [0.15, 0.2) is 24.4 Å². The molecule has 5 heteroatoms. The van der Waals surface area contributed by atoms with Crippen LogP contribution in [0.3, 0.4) is 0 Å². The maximum Gasteiger partial charge on any atom is 0.271 e. The molecule has 20 heavy (non-hydrogen) atoms. The first-order valence-corrected chi connectivity index (χ1v) is 7.12. The number of hydrogen-bond donors (Lipinski definition) is 1. The smallest absolute Gasteiger partial charge is 0.271 e. The second-order valence-electron chi connectivity index (χ2n) is 4.93. The normalized spacial score (nSPS) is 11.3. The number of aromatic amines is 1. The van der Waals surface area contributed by atoms with Crippen molar-refractivity contribution in [1.29, 1.82) is 0 Å². The highest BCUT2D eigenvalue weighted by atomic mass is 16.6. The number of hydrogen-bond acceptors (Lipinski definition) is 3. The van der Waals surface area contributed by atoms with Gasteiger partial charge in [-0.05, 0) is 44.1 Å². The van der Waals surface area contributed by atoms with Crippen LogP contribution in [0.25, 0.3) is 10.9 Å². The van der Waals surface area contributed by atoms with Gasteiger partial charge in [0.2, 0.25) is 0 Å². The van der Waals surface area contributed by atoms with Crippen LogP contribution in [0.1, 0.15) is 25.8 Å². The lowest BCUT2D eigenvalue weighted by Crippen LogP contribution is -2.24. The predicted molar refractivity (Wildman–Crippen MR) is 81.1 cm³/mol. The first-order chi connectivity index (χ1) is 9.65. The maximum absolute atomic E-state index is 10.8. The number of fused-ring (bicyclic) bond motifs is 1. The van der Waals surface area contributed by atoms with Crippen LogP contribution >= 0.6 is 0 Å². The number of H-pyrrole nitrogens is 1. The van der Waals surface area contributed by atoms with Crippen molar-refractivity contribution in [2.75, 3.05) is 19.6 Å². The van der Waals surface area contributed by atoms with E-state index in [1.165, 1.54) is 5.56 Å². The number of aromatic nitrogens is 1. The van der Waals surface area contributed by atoms with Crippen molar-refractivity contribution >= 4 is 16.6 Å². The Hall–Kier alpha value is -1.88. The Balaban J connectivity index is 2.06. The predicted octanol–water partition coefficient (Wildman–Crippen LogP) is 3.35. The Labute approximate surface area is 118 Å². The van der Waals surface area contributed by atoms with Crippen molar-refractivity contribution in [3.05, 3.63) is 40.1 Å². The van der Waals surface area contributed by atoms with E-state index in [-0.39, 0.29) is 10.6 Å². The van der Waals surface area contributed by atoms with Crippen LogP contribution in [0, 0.1) is 10.1 Å². The molecule has 1 aromatic heterocycles. The van der Waals surface area contributed by atoms with Crippen molar-refractivity contribution in [3.8, 4) is 0 Å². The van der Waals surface area contributed by atoms with Gasteiger partial charge >= 0.3 is 0 Å². The molecule has 2 rings (SSSR count). The van der Waals surface area contributed by atoms with Crippen LogP contribution in [0.4, 0.5) is 5.69 Å². The van der Waals surface area contributed by atoms with Crippen LogP contribution in [0.5, 0.6) is 0 Å². The Morgan fingerprint density at radius 1 is 1.30 bits per heavy atom. The van der Waals surface area contributed by atoms with E-state index in [1.54, 1.807) is 12.1 Å². The Morgan fingerprint density at radius 3 is 2.70 bits per heavy atom. The minimum Gasteiger partial charge on any atom is -0.361 e. The molecule has 0 aliphatic heterocycles. The van der Waals surface area contributed by atoms with Crippen LogP contribution in [-0.2, 0) is 6.42 Å². The van der Waals surface area contributed by atoms with E-state index in [1.807, 2.05) is 12.3 Å². The molecular formula is C15H21N3O2. The van der Waals surface area contributed by atoms with E-state index in [4.69, 9.17) is 0 Å². The lowest BCUT2D eigenvalue weighted by atomic mass is 10.1. The fraction of sp³-hybridized carbons (Fsp3) is 0.467. The van der Waals surface area contributed by atoms with Gasteiger partial charge in [-0.15, -0.1) is 0 Å². The fourth-order valence-electron chi connectivity index (χ4n) is 2.53. The zero-order valence-corrected chi connectivity index (χ0v) is 12.1. The molecule has 0 fully saturated rings. The molecule has 0 amide bonds. The number of non-ortho nitro benzene ring substituents is 1. The highest BCUT2D eigenvalue weighted by Gasteiger charge is 2.10. The third-order valence-electron chi connectivity index (χ3n) is 3.78. The SMILES string of the molecule is CCN(CC)CCCc1c[nH]c2cc([N+](=O)[O-])ccc12. The van der Waals surface area contributed by atoms with Gasteiger partial charge in [0.05, 0.1) is 10.4 Å². The van der Waals surface area contributed by atoms with E-state index < -0.39 is 0 Å². The molecule has 0 saturated heterocycles. The van der Waals surface area contributed by atoms with Crippen molar-refractivity contribution in [1.82, 2.24) is 9.88 Å². The Kier molecular flexibility index (Phi) is 4.74. The molecule has 0 atom stereocenters. The number of rotatable bonds is 7. The van der Waals surface area contributed by atoms with E-state index in [0.717, 1.165) is 43.4 Å². The quantitative estimate of drug-likeness (QED) is 0.622. The minimum absolute atomic E-state index is 0.133. The van der Waals surface area contributed by atoms with E-state index >= 15 is 0 Å². The third-order valence-corrected chi connectivity index (χ3v) is 3.78. The summed E-state index contributed by atoms with van der Waals surface area (Å²) in [5, 5.41) is 11.8. The molecule has 2 aromatic rings. The zero-order chi connectivity index (χ0) is 14.5. The van der Waals surface area contributed by atoms with Gasteiger partial charge in [0.25, 0.3) is 5.69 Å². The average Bonchev–Trinajstić information content (AvgIpc) is 2.86. The van der Waals surface area contributed by atoms with Crippen molar-refractivity contribution in [2.24, 2.45) is 0 Å². The van der Waals surface area contributed by atoms with Crippen molar-refractivity contribution in [2.45, 2.75) is 26.7 Å². The molecule has 1 aromatic carbocycles. The molecule has 0 aliphatic carbocycles. The number of nitro groups is 1. The summed E-state index contributed by atoms with van der Waals surface area (Å²) in [6.07, 6.45) is 4.07. The summed E-state index contributed by atoms with van der Waals surface area (Å²) >= 11 is 0. The van der Waals surface area contributed by atoms with Crippen LogP contribution in [0.2, 0.25) is 0 Å². The monoisotopic (exact) mass is 275 g/mol. The largest absolute Gasteiger partial charge is 0.361 e. The molecule has 0 aliphatic rings. The van der Waals surface area contributed by atoms with Gasteiger partial charge < -0.3 is 9.88 Å². The van der Waals surface area contributed by atoms with E-state index in [0.29, 0.717) is 0 Å². The van der Waals surface area contributed by atoms with Gasteiger partial charge in [-0.25, -0.2) is 0 Å². The molecule has 108 valence electrons. The average molecular weight is 275 g/mol. The standard InChI is InChI=1S/C15H21N3O2/c1-3-17(4-2)9-5-6-12-11-16-15-10-13(18(19)20)7-8-14(12)15/h7-8,10-11,16H,3-6,9H2,1-2H3. The van der Waals surface area contributed by atoms with Crippen molar-refractivity contribution in [3.63, 3.8) is 0 Å². The van der Waals surface area contributed by atoms with Gasteiger partial charge in [0, 0.05) is 23.7 Å². The Morgan fingerprint density at radius 2 is 2.05 bits per heavy atom. The fourth-order valence-corrected chi connectivity index (χ4v) is 2.53. The number of aryl methyl sites for hydroxylation is 1. The number of nitrogens with one attached hydrogen (secondary N) is 1. The van der Waals surface area contributed by atoms with Gasteiger partial charge in [0.1, 0.15) is 0 Å². The molecule has 1 heterocycles. The van der Waals surface area contributed by atoms with Gasteiger partial charge in [-0.3, -0.25) is 10.1 Å². The molecule has 0 spiro atoms. The lowest BCUT2D eigenvalue weighted by molar-refractivity contribution is -0.384. The summed E-state index contributed by atoms with van der Waals surface area (Å²) in [6, 6.07) is 5.02. The first-order valence-electron chi connectivity index (χ1n) is 7.12. The second-order valence-corrected chi connectivity index (χ2v) is 4.93. The van der Waals surface area contributed by atoms with Crippen LogP contribution in [-0.4, -0.2) is 34.4 Å². The van der Waals surface area contributed by atoms with Crippen molar-refractivity contribution < 1.29 is 4.92 Å².